The number of rotatable bonds is 5. The van der Waals surface area contributed by atoms with E-state index in [0.717, 1.165) is 0 Å². The molecule has 130 valence electrons. The number of carbonyl (C=O) groups excluding carboxylic acids is 2. The third-order valence-corrected chi connectivity index (χ3v) is 4.09. The molecule has 2 aromatic carbocycles. The Labute approximate surface area is 146 Å². The van der Waals surface area contributed by atoms with Gasteiger partial charge in [0.1, 0.15) is 12.2 Å². The average Bonchev–Trinajstić information content (AvgIpc) is 3.02. The minimum Gasteiger partial charge on any atom is -0.459 e. The van der Waals surface area contributed by atoms with Crippen LogP contribution in [0.4, 0.5) is 0 Å². The maximum Gasteiger partial charge on any atom is 0.340 e. The smallest absolute Gasteiger partial charge is 0.340 e. The van der Waals surface area contributed by atoms with Gasteiger partial charge >= 0.3 is 11.9 Å². The Morgan fingerprint density at radius 3 is 2.16 bits per heavy atom. The maximum atomic E-state index is 12.1. The summed E-state index contributed by atoms with van der Waals surface area (Å²) in [6, 6.07) is 17.6. The highest BCUT2D eigenvalue weighted by Gasteiger charge is 2.39. The van der Waals surface area contributed by atoms with Crippen molar-refractivity contribution < 1.29 is 23.8 Å². The van der Waals surface area contributed by atoms with Crippen LogP contribution in [-0.4, -0.2) is 30.4 Å². The lowest BCUT2D eigenvalue weighted by Gasteiger charge is -2.24. The van der Waals surface area contributed by atoms with Crippen molar-refractivity contribution in [2.75, 3.05) is 6.61 Å². The monoisotopic (exact) mass is 340 g/mol. The molecule has 0 spiro atoms. The first-order valence-electron chi connectivity index (χ1n) is 8.22. The van der Waals surface area contributed by atoms with Gasteiger partial charge in [-0.05, 0) is 37.6 Å². The van der Waals surface area contributed by atoms with Crippen molar-refractivity contribution in [2.45, 2.75) is 31.7 Å². The number of hydrogen-bond acceptors (Lipinski definition) is 5. The summed E-state index contributed by atoms with van der Waals surface area (Å²) in [6.07, 6.45) is 0.577. The highest BCUT2D eigenvalue weighted by Crippen LogP contribution is 2.31. The molecule has 1 fully saturated rings. The van der Waals surface area contributed by atoms with Gasteiger partial charge in [-0.2, -0.15) is 0 Å². The van der Waals surface area contributed by atoms with Crippen molar-refractivity contribution in [1.29, 1.82) is 0 Å². The Kier molecular flexibility index (Phi) is 5.14. The zero-order valence-corrected chi connectivity index (χ0v) is 14.0. The molecule has 1 saturated heterocycles. The van der Waals surface area contributed by atoms with Gasteiger partial charge in [-0.15, -0.1) is 0 Å². The first kappa shape index (κ1) is 17.2. The summed E-state index contributed by atoms with van der Waals surface area (Å²) in [5.74, 6) is -0.814. The quantitative estimate of drug-likeness (QED) is 0.778. The van der Waals surface area contributed by atoms with Crippen LogP contribution in [0.15, 0.2) is 60.7 Å². The first-order chi connectivity index (χ1) is 12.1. The fourth-order valence-corrected chi connectivity index (χ4v) is 2.68. The largest absolute Gasteiger partial charge is 0.459 e. The Balaban J connectivity index is 1.51. The van der Waals surface area contributed by atoms with Crippen molar-refractivity contribution in [3.63, 3.8) is 0 Å². The summed E-state index contributed by atoms with van der Waals surface area (Å²) in [5, 5.41) is 0. The Bertz CT molecular complexity index is 728. The van der Waals surface area contributed by atoms with Crippen LogP contribution in [0.25, 0.3) is 0 Å². The standard InChI is InChI=1S/C20H20O5/c1-20(14-23-18(21)15-8-4-2-5-9-15)13-12-17(25-20)24-19(22)16-10-6-3-7-11-16/h2-11,17H,12-14H2,1H3/t17-,20-/m0/s1. The molecule has 5 nitrogen and oxygen atoms in total. The molecule has 2 aromatic rings. The lowest BCUT2D eigenvalue weighted by molar-refractivity contribution is -0.149. The van der Waals surface area contributed by atoms with Crippen molar-refractivity contribution in [3.05, 3.63) is 71.8 Å². The van der Waals surface area contributed by atoms with E-state index >= 15 is 0 Å². The Hall–Kier alpha value is -2.66. The summed E-state index contributed by atoms with van der Waals surface area (Å²) in [5.41, 5.74) is 0.317. The zero-order chi connectivity index (χ0) is 17.7. The fourth-order valence-electron chi connectivity index (χ4n) is 2.68. The van der Waals surface area contributed by atoms with Gasteiger partial charge in [0, 0.05) is 6.42 Å². The summed E-state index contributed by atoms with van der Waals surface area (Å²) < 4.78 is 16.5. The van der Waals surface area contributed by atoms with Gasteiger partial charge in [0.05, 0.1) is 11.1 Å². The second kappa shape index (κ2) is 7.49. The number of carbonyl (C=O) groups is 2. The number of esters is 2. The van der Waals surface area contributed by atoms with Crippen LogP contribution < -0.4 is 0 Å². The van der Waals surface area contributed by atoms with E-state index in [1.807, 2.05) is 19.1 Å². The molecule has 0 saturated carbocycles. The van der Waals surface area contributed by atoms with Crippen molar-refractivity contribution >= 4 is 11.9 Å². The number of benzene rings is 2. The van der Waals surface area contributed by atoms with E-state index in [0.29, 0.717) is 24.0 Å². The lowest BCUT2D eigenvalue weighted by atomic mass is 10.0. The van der Waals surface area contributed by atoms with Crippen LogP contribution in [-0.2, 0) is 14.2 Å². The van der Waals surface area contributed by atoms with Crippen molar-refractivity contribution in [3.8, 4) is 0 Å². The van der Waals surface area contributed by atoms with Gasteiger partial charge in [-0.3, -0.25) is 0 Å². The summed E-state index contributed by atoms with van der Waals surface area (Å²) in [6.45, 7) is 1.96. The van der Waals surface area contributed by atoms with E-state index in [9.17, 15) is 9.59 Å². The minimum atomic E-state index is -0.661. The second-order valence-electron chi connectivity index (χ2n) is 6.25. The van der Waals surface area contributed by atoms with E-state index in [-0.39, 0.29) is 6.61 Å². The average molecular weight is 340 g/mol. The molecular weight excluding hydrogens is 320 g/mol. The molecule has 1 aliphatic rings. The molecule has 0 unspecified atom stereocenters. The van der Waals surface area contributed by atoms with Gasteiger partial charge in [0.2, 0.25) is 6.29 Å². The zero-order valence-electron chi connectivity index (χ0n) is 14.0. The van der Waals surface area contributed by atoms with Crippen LogP contribution >= 0.6 is 0 Å². The van der Waals surface area contributed by atoms with Crippen LogP contribution in [0.3, 0.4) is 0 Å². The molecule has 5 heteroatoms. The van der Waals surface area contributed by atoms with Gasteiger partial charge in [0.25, 0.3) is 0 Å². The molecule has 0 amide bonds. The topological polar surface area (TPSA) is 61.8 Å². The molecule has 0 bridgehead atoms. The molecule has 0 aliphatic carbocycles. The van der Waals surface area contributed by atoms with Gasteiger partial charge in [-0.1, -0.05) is 36.4 Å². The van der Waals surface area contributed by atoms with E-state index in [1.54, 1.807) is 48.5 Å². The van der Waals surface area contributed by atoms with Gasteiger partial charge in [-0.25, -0.2) is 9.59 Å². The van der Waals surface area contributed by atoms with E-state index in [2.05, 4.69) is 0 Å². The third-order valence-electron chi connectivity index (χ3n) is 4.09. The van der Waals surface area contributed by atoms with Gasteiger partial charge < -0.3 is 14.2 Å². The molecule has 0 radical (unpaired) electrons. The van der Waals surface area contributed by atoms with Crippen LogP contribution in [0, 0.1) is 0 Å². The molecule has 1 heterocycles. The van der Waals surface area contributed by atoms with Crippen molar-refractivity contribution in [1.82, 2.24) is 0 Å². The normalized spacial score (nSPS) is 22.4. The molecular formula is C20H20O5. The SMILES string of the molecule is C[C@@]1(COC(=O)c2ccccc2)CC[C@@H](OC(=O)c2ccccc2)O1. The summed E-state index contributed by atoms with van der Waals surface area (Å²) in [4.78, 5) is 24.1. The number of hydrogen-bond donors (Lipinski definition) is 0. The maximum absolute atomic E-state index is 12.1. The highest BCUT2D eigenvalue weighted by atomic mass is 16.7. The van der Waals surface area contributed by atoms with E-state index < -0.39 is 23.8 Å². The van der Waals surface area contributed by atoms with Crippen LogP contribution in [0.1, 0.15) is 40.5 Å². The van der Waals surface area contributed by atoms with Crippen molar-refractivity contribution in [2.24, 2.45) is 0 Å². The summed E-state index contributed by atoms with van der Waals surface area (Å²) >= 11 is 0. The minimum absolute atomic E-state index is 0.111. The fraction of sp³-hybridized carbons (Fsp3) is 0.300. The van der Waals surface area contributed by atoms with E-state index in [1.165, 1.54) is 0 Å². The molecule has 2 atom stereocenters. The molecule has 1 aliphatic heterocycles. The highest BCUT2D eigenvalue weighted by molar-refractivity contribution is 5.89. The molecule has 0 N–H and O–H groups in total. The molecule has 3 rings (SSSR count). The molecule has 0 aromatic heterocycles. The van der Waals surface area contributed by atoms with E-state index in [4.69, 9.17) is 14.2 Å². The Morgan fingerprint density at radius 2 is 1.56 bits per heavy atom. The second-order valence-corrected chi connectivity index (χ2v) is 6.25. The Morgan fingerprint density at radius 1 is 1.00 bits per heavy atom. The van der Waals surface area contributed by atoms with Crippen LogP contribution in [0.2, 0.25) is 0 Å². The number of ether oxygens (including phenoxy) is 3. The van der Waals surface area contributed by atoms with Gasteiger partial charge in [0.15, 0.2) is 0 Å². The lowest BCUT2D eigenvalue weighted by Crippen LogP contribution is -2.33. The first-order valence-corrected chi connectivity index (χ1v) is 8.22. The predicted molar refractivity (Wildman–Crippen MR) is 91.1 cm³/mol. The van der Waals surface area contributed by atoms with Crippen LogP contribution in [0.5, 0.6) is 0 Å². The third kappa shape index (κ3) is 4.45. The molecule has 25 heavy (non-hydrogen) atoms. The summed E-state index contributed by atoms with van der Waals surface area (Å²) in [7, 11) is 0. The predicted octanol–water partition coefficient (Wildman–Crippen LogP) is 3.60.